The Hall–Kier alpha value is -0.880. The van der Waals surface area contributed by atoms with E-state index in [-0.39, 0.29) is 11.8 Å². The molecule has 4 nitrogen and oxygen atoms in total. The third-order valence-electron chi connectivity index (χ3n) is 2.58. The van der Waals surface area contributed by atoms with E-state index in [1.165, 1.54) is 0 Å². The third-order valence-corrected chi connectivity index (χ3v) is 5.52. The van der Waals surface area contributed by atoms with E-state index in [4.69, 9.17) is 0 Å². The lowest BCUT2D eigenvalue weighted by Crippen LogP contribution is -2.23. The smallest absolute Gasteiger partial charge is 0.180 e. The maximum Gasteiger partial charge on any atom is 0.180 e. The van der Waals surface area contributed by atoms with Crippen molar-refractivity contribution in [2.45, 2.75) is 31.2 Å². The van der Waals surface area contributed by atoms with Crippen molar-refractivity contribution in [1.82, 2.24) is 0 Å². The van der Waals surface area contributed by atoms with Crippen LogP contribution in [0.25, 0.3) is 0 Å². The quantitative estimate of drug-likeness (QED) is 0.837. The fraction of sp³-hybridized carbons (Fsp3) is 0.538. The average Bonchev–Trinajstić information content (AvgIpc) is 2.28. The molecule has 0 aliphatic rings. The standard InChI is InChI=1S/C13H21NO3S2/c1-4-9-19(16,17)13-8-6-5-7-12(13)14-11(2)10-18(3)15/h5-8,11,14H,4,9-10H2,1-3H3. The molecular formula is C13H21NO3S2. The lowest BCUT2D eigenvalue weighted by Gasteiger charge is -2.17. The first-order valence-corrected chi connectivity index (χ1v) is 9.63. The van der Waals surface area contributed by atoms with E-state index in [1.54, 1.807) is 30.5 Å². The van der Waals surface area contributed by atoms with Crippen LogP contribution < -0.4 is 5.32 Å². The van der Waals surface area contributed by atoms with Crippen molar-refractivity contribution in [1.29, 1.82) is 0 Å². The van der Waals surface area contributed by atoms with Gasteiger partial charge in [-0.2, -0.15) is 0 Å². The van der Waals surface area contributed by atoms with Crippen LogP contribution in [0.15, 0.2) is 29.2 Å². The maximum absolute atomic E-state index is 12.2. The van der Waals surface area contributed by atoms with E-state index in [2.05, 4.69) is 5.32 Å². The first-order valence-electron chi connectivity index (χ1n) is 6.25. The number of benzene rings is 1. The molecule has 1 aromatic rings. The number of hydrogen-bond donors (Lipinski definition) is 1. The van der Waals surface area contributed by atoms with Gasteiger partial charge in [0.05, 0.1) is 16.3 Å². The normalized spacial score (nSPS) is 14.9. The summed E-state index contributed by atoms with van der Waals surface area (Å²) in [4.78, 5) is 0.325. The zero-order valence-corrected chi connectivity index (χ0v) is 13.2. The molecule has 0 saturated carbocycles. The number of nitrogens with one attached hydrogen (secondary N) is 1. The summed E-state index contributed by atoms with van der Waals surface area (Å²) in [5.74, 6) is 0.627. The van der Waals surface area contributed by atoms with Gasteiger partial charge in [-0.25, -0.2) is 8.42 Å². The van der Waals surface area contributed by atoms with Crippen molar-refractivity contribution < 1.29 is 12.6 Å². The van der Waals surface area contributed by atoms with Gasteiger partial charge in [0, 0.05) is 28.9 Å². The van der Waals surface area contributed by atoms with Crippen LogP contribution in [0.4, 0.5) is 5.69 Å². The molecule has 0 heterocycles. The highest BCUT2D eigenvalue weighted by Crippen LogP contribution is 2.23. The van der Waals surface area contributed by atoms with E-state index < -0.39 is 20.6 Å². The van der Waals surface area contributed by atoms with Gasteiger partial charge in [-0.3, -0.25) is 4.21 Å². The molecule has 0 spiro atoms. The number of hydrogen-bond acceptors (Lipinski definition) is 4. The van der Waals surface area contributed by atoms with Crippen LogP contribution in [0.3, 0.4) is 0 Å². The predicted molar refractivity (Wildman–Crippen MR) is 80.8 cm³/mol. The fourth-order valence-corrected chi connectivity index (χ4v) is 4.19. The van der Waals surface area contributed by atoms with E-state index >= 15 is 0 Å². The SMILES string of the molecule is CCCS(=O)(=O)c1ccccc1NC(C)CS(C)=O. The Balaban J connectivity index is 3.00. The van der Waals surface area contributed by atoms with Crippen LogP contribution in [-0.4, -0.2) is 36.4 Å². The van der Waals surface area contributed by atoms with Crippen molar-refractivity contribution in [3.8, 4) is 0 Å². The van der Waals surface area contributed by atoms with Crippen LogP contribution in [0.1, 0.15) is 20.3 Å². The molecule has 2 unspecified atom stereocenters. The van der Waals surface area contributed by atoms with Gasteiger partial charge in [0.1, 0.15) is 0 Å². The predicted octanol–water partition coefficient (Wildman–Crippen LogP) is 2.05. The molecule has 2 atom stereocenters. The zero-order chi connectivity index (χ0) is 14.5. The van der Waals surface area contributed by atoms with E-state index in [9.17, 15) is 12.6 Å². The van der Waals surface area contributed by atoms with Gasteiger partial charge >= 0.3 is 0 Å². The van der Waals surface area contributed by atoms with Crippen LogP contribution >= 0.6 is 0 Å². The first kappa shape index (κ1) is 16.2. The highest BCUT2D eigenvalue weighted by molar-refractivity contribution is 7.91. The second-order valence-corrected chi connectivity index (χ2v) is 8.16. The molecule has 108 valence electrons. The maximum atomic E-state index is 12.2. The Morgan fingerprint density at radius 3 is 2.53 bits per heavy atom. The third kappa shape index (κ3) is 4.95. The van der Waals surface area contributed by atoms with Crippen molar-refractivity contribution in [3.63, 3.8) is 0 Å². The van der Waals surface area contributed by atoms with Crippen molar-refractivity contribution in [2.24, 2.45) is 0 Å². The zero-order valence-electron chi connectivity index (χ0n) is 11.5. The minimum absolute atomic E-state index is 0.0381. The Morgan fingerprint density at radius 2 is 1.95 bits per heavy atom. The van der Waals surface area contributed by atoms with E-state index in [0.29, 0.717) is 22.8 Å². The molecule has 6 heteroatoms. The lowest BCUT2D eigenvalue weighted by molar-refractivity contribution is 0.595. The summed E-state index contributed by atoms with van der Waals surface area (Å²) in [7, 11) is -4.17. The van der Waals surface area contributed by atoms with Crippen LogP contribution in [0.5, 0.6) is 0 Å². The summed E-state index contributed by atoms with van der Waals surface area (Å²) in [5, 5.41) is 3.13. The number of anilines is 1. The molecule has 0 fully saturated rings. The molecule has 0 aromatic heterocycles. The van der Waals surface area contributed by atoms with Gasteiger partial charge in [0.2, 0.25) is 0 Å². The topological polar surface area (TPSA) is 63.2 Å². The van der Waals surface area contributed by atoms with Crippen LogP contribution in [-0.2, 0) is 20.6 Å². The molecule has 0 radical (unpaired) electrons. The van der Waals surface area contributed by atoms with Gasteiger partial charge in [-0.1, -0.05) is 19.1 Å². The lowest BCUT2D eigenvalue weighted by atomic mass is 10.3. The Bertz CT molecular complexity index is 541. The van der Waals surface area contributed by atoms with Gasteiger partial charge in [0.25, 0.3) is 0 Å². The Labute approximate surface area is 118 Å². The second kappa shape index (κ2) is 7.05. The Morgan fingerprint density at radius 1 is 1.32 bits per heavy atom. The summed E-state index contributed by atoms with van der Waals surface area (Å²) < 4.78 is 35.5. The first-order chi connectivity index (χ1) is 8.86. The van der Waals surface area contributed by atoms with E-state index in [0.717, 1.165) is 0 Å². The molecule has 1 aromatic carbocycles. The molecular weight excluding hydrogens is 282 g/mol. The molecule has 0 bridgehead atoms. The molecule has 0 aliphatic heterocycles. The van der Waals surface area contributed by atoms with Gasteiger partial charge in [0.15, 0.2) is 9.84 Å². The molecule has 19 heavy (non-hydrogen) atoms. The monoisotopic (exact) mass is 303 g/mol. The van der Waals surface area contributed by atoms with Gasteiger partial charge in [-0.05, 0) is 25.5 Å². The largest absolute Gasteiger partial charge is 0.381 e. The molecule has 0 aliphatic carbocycles. The molecule has 1 rings (SSSR count). The van der Waals surface area contributed by atoms with Crippen molar-refractivity contribution in [3.05, 3.63) is 24.3 Å². The summed E-state index contributed by atoms with van der Waals surface area (Å²) in [5.41, 5.74) is 0.592. The Kier molecular flexibility index (Phi) is 6.00. The van der Waals surface area contributed by atoms with Crippen LogP contribution in [0, 0.1) is 0 Å². The molecule has 0 amide bonds. The molecule has 0 saturated heterocycles. The van der Waals surface area contributed by atoms with Crippen molar-refractivity contribution in [2.75, 3.05) is 23.1 Å². The summed E-state index contributed by atoms with van der Waals surface area (Å²) in [6.07, 6.45) is 2.23. The number of rotatable bonds is 7. The summed E-state index contributed by atoms with van der Waals surface area (Å²) in [6.45, 7) is 3.74. The van der Waals surface area contributed by atoms with Gasteiger partial charge in [-0.15, -0.1) is 0 Å². The average molecular weight is 303 g/mol. The van der Waals surface area contributed by atoms with Crippen molar-refractivity contribution >= 4 is 26.3 Å². The minimum atomic E-state index is -3.25. The fourth-order valence-electron chi connectivity index (χ4n) is 1.89. The highest BCUT2D eigenvalue weighted by Gasteiger charge is 2.18. The van der Waals surface area contributed by atoms with Gasteiger partial charge < -0.3 is 5.32 Å². The summed E-state index contributed by atoms with van der Waals surface area (Å²) in [6, 6.07) is 6.84. The summed E-state index contributed by atoms with van der Waals surface area (Å²) >= 11 is 0. The second-order valence-electron chi connectivity index (χ2n) is 4.60. The number of sulfone groups is 1. The van der Waals surface area contributed by atoms with E-state index in [1.807, 2.05) is 13.8 Å². The molecule has 1 N–H and O–H groups in total. The minimum Gasteiger partial charge on any atom is -0.381 e. The number of para-hydroxylation sites is 1. The van der Waals surface area contributed by atoms with Crippen LogP contribution in [0.2, 0.25) is 0 Å². The highest BCUT2D eigenvalue weighted by atomic mass is 32.2.